The number of anilines is 1. The lowest BCUT2D eigenvalue weighted by molar-refractivity contribution is 0.194. The van der Waals surface area contributed by atoms with Crippen molar-refractivity contribution in [3.8, 4) is 0 Å². The number of fused-ring (bicyclic) bond motifs is 1. The maximum Gasteiger partial charge on any atom is 0.178 e. The summed E-state index contributed by atoms with van der Waals surface area (Å²) >= 11 is 0. The van der Waals surface area contributed by atoms with Crippen molar-refractivity contribution in [3.63, 3.8) is 0 Å². The molecule has 2 aliphatic heterocycles. The summed E-state index contributed by atoms with van der Waals surface area (Å²) in [5.41, 5.74) is 2.63. The number of aromatic nitrogens is 6. The Morgan fingerprint density at radius 1 is 1.08 bits per heavy atom. The van der Waals surface area contributed by atoms with Gasteiger partial charge in [0, 0.05) is 25.6 Å². The maximum atomic E-state index is 4.80. The molecule has 9 nitrogen and oxygen atoms in total. The molecule has 136 valence electrons. The molecular weight excluding hydrogens is 332 g/mol. The van der Waals surface area contributed by atoms with Crippen LogP contribution in [0.25, 0.3) is 5.65 Å². The minimum atomic E-state index is 0.386. The molecule has 9 heteroatoms. The first kappa shape index (κ1) is 15.7. The molecule has 0 aromatic carbocycles. The fourth-order valence-corrected chi connectivity index (χ4v) is 3.72. The summed E-state index contributed by atoms with van der Waals surface area (Å²) in [7, 11) is 0. The molecule has 0 radical (unpaired) electrons. The standard InChI is InChI=1S/C17H22N8O/c1-12-14(22-26-21-12)11-23-9-5-13(6-10-23)17-19-18-15-3-4-16(20-25(15)17)24-7-2-8-24/h3-4,13H,2,5-11H2,1H3. The predicted octanol–water partition coefficient (Wildman–Crippen LogP) is 1.41. The molecule has 0 amide bonds. The van der Waals surface area contributed by atoms with E-state index in [1.54, 1.807) is 0 Å². The molecule has 26 heavy (non-hydrogen) atoms. The molecule has 3 aromatic heterocycles. The summed E-state index contributed by atoms with van der Waals surface area (Å²) in [5, 5.41) is 21.4. The smallest absolute Gasteiger partial charge is 0.178 e. The van der Waals surface area contributed by atoms with Gasteiger partial charge in [0.15, 0.2) is 11.5 Å². The van der Waals surface area contributed by atoms with Gasteiger partial charge in [-0.1, -0.05) is 10.3 Å². The topological polar surface area (TPSA) is 88.5 Å². The van der Waals surface area contributed by atoms with E-state index in [4.69, 9.17) is 9.73 Å². The summed E-state index contributed by atoms with van der Waals surface area (Å²) in [6.45, 7) is 6.90. The lowest BCUT2D eigenvalue weighted by Crippen LogP contribution is -2.38. The van der Waals surface area contributed by atoms with Gasteiger partial charge < -0.3 is 4.90 Å². The summed E-state index contributed by atoms with van der Waals surface area (Å²) in [6, 6.07) is 4.07. The van der Waals surface area contributed by atoms with Gasteiger partial charge in [-0.05, 0) is 51.4 Å². The summed E-state index contributed by atoms with van der Waals surface area (Å²) in [6.07, 6.45) is 3.33. The molecule has 0 N–H and O–H groups in total. The van der Waals surface area contributed by atoms with E-state index in [9.17, 15) is 0 Å². The predicted molar refractivity (Wildman–Crippen MR) is 93.9 cm³/mol. The first-order valence-electron chi connectivity index (χ1n) is 9.25. The van der Waals surface area contributed by atoms with Gasteiger partial charge in [0.05, 0.1) is 0 Å². The summed E-state index contributed by atoms with van der Waals surface area (Å²) in [5.74, 6) is 2.40. The second kappa shape index (κ2) is 6.31. The number of piperidine rings is 1. The fraction of sp³-hybridized carbons (Fsp3) is 0.588. The van der Waals surface area contributed by atoms with E-state index in [0.717, 1.165) is 74.2 Å². The molecular formula is C17H22N8O. The molecule has 3 aromatic rings. The first-order valence-corrected chi connectivity index (χ1v) is 9.25. The van der Waals surface area contributed by atoms with Crippen LogP contribution in [0.4, 0.5) is 5.82 Å². The zero-order valence-corrected chi connectivity index (χ0v) is 14.9. The van der Waals surface area contributed by atoms with Gasteiger partial charge >= 0.3 is 0 Å². The Labute approximate surface area is 150 Å². The second-order valence-electron chi connectivity index (χ2n) is 7.21. The third-order valence-electron chi connectivity index (χ3n) is 5.53. The quantitative estimate of drug-likeness (QED) is 0.695. The van der Waals surface area contributed by atoms with Crippen molar-refractivity contribution in [3.05, 3.63) is 29.3 Å². The Morgan fingerprint density at radius 3 is 2.62 bits per heavy atom. The Morgan fingerprint density at radius 2 is 1.92 bits per heavy atom. The largest absolute Gasteiger partial charge is 0.355 e. The zero-order chi connectivity index (χ0) is 17.5. The average molecular weight is 354 g/mol. The van der Waals surface area contributed by atoms with E-state index in [1.807, 2.05) is 23.6 Å². The van der Waals surface area contributed by atoms with Gasteiger partial charge in [-0.3, -0.25) is 4.90 Å². The van der Waals surface area contributed by atoms with Crippen LogP contribution in [0.3, 0.4) is 0 Å². The van der Waals surface area contributed by atoms with E-state index >= 15 is 0 Å². The lowest BCUT2D eigenvalue weighted by Gasteiger charge is -2.32. The highest BCUT2D eigenvalue weighted by Crippen LogP contribution is 2.28. The Bertz CT molecular complexity index is 907. The second-order valence-corrected chi connectivity index (χ2v) is 7.21. The Kier molecular flexibility index (Phi) is 3.81. The van der Waals surface area contributed by atoms with Crippen molar-refractivity contribution < 1.29 is 4.63 Å². The molecule has 0 atom stereocenters. The van der Waals surface area contributed by atoms with Gasteiger partial charge in [0.2, 0.25) is 0 Å². The van der Waals surface area contributed by atoms with Crippen molar-refractivity contribution in [1.82, 2.24) is 35.0 Å². The highest BCUT2D eigenvalue weighted by Gasteiger charge is 2.26. The summed E-state index contributed by atoms with van der Waals surface area (Å²) < 4.78 is 6.74. The molecule has 5 heterocycles. The van der Waals surface area contributed by atoms with Crippen molar-refractivity contribution >= 4 is 11.5 Å². The number of likely N-dealkylation sites (tertiary alicyclic amines) is 1. The van der Waals surface area contributed by atoms with E-state index < -0.39 is 0 Å². The molecule has 0 unspecified atom stereocenters. The van der Waals surface area contributed by atoms with Crippen LogP contribution in [0.5, 0.6) is 0 Å². The van der Waals surface area contributed by atoms with Crippen molar-refractivity contribution in [1.29, 1.82) is 0 Å². The minimum Gasteiger partial charge on any atom is -0.355 e. The Balaban J connectivity index is 1.31. The van der Waals surface area contributed by atoms with Crippen molar-refractivity contribution in [2.45, 2.75) is 38.6 Å². The van der Waals surface area contributed by atoms with E-state index in [-0.39, 0.29) is 0 Å². The molecule has 2 saturated heterocycles. The van der Waals surface area contributed by atoms with Crippen LogP contribution in [-0.2, 0) is 6.54 Å². The first-order chi connectivity index (χ1) is 12.8. The molecule has 0 saturated carbocycles. The van der Waals surface area contributed by atoms with Crippen LogP contribution < -0.4 is 4.90 Å². The van der Waals surface area contributed by atoms with Crippen molar-refractivity contribution in [2.75, 3.05) is 31.1 Å². The molecule has 2 aliphatic rings. The minimum absolute atomic E-state index is 0.386. The number of rotatable bonds is 4. The Hall–Kier alpha value is -2.55. The highest BCUT2D eigenvalue weighted by atomic mass is 16.6. The molecule has 5 rings (SSSR count). The molecule has 0 aliphatic carbocycles. The SMILES string of the molecule is Cc1nonc1CN1CCC(c2nnc3ccc(N4CCC4)nn23)CC1. The van der Waals surface area contributed by atoms with E-state index in [1.165, 1.54) is 6.42 Å². The van der Waals surface area contributed by atoms with Gasteiger partial charge in [0.1, 0.15) is 17.2 Å². The van der Waals surface area contributed by atoms with Crippen LogP contribution in [0, 0.1) is 6.92 Å². The van der Waals surface area contributed by atoms with Crippen LogP contribution in [0.1, 0.15) is 42.4 Å². The molecule has 0 bridgehead atoms. The van der Waals surface area contributed by atoms with Crippen LogP contribution >= 0.6 is 0 Å². The molecule has 0 spiro atoms. The number of hydrogen-bond donors (Lipinski definition) is 0. The third-order valence-corrected chi connectivity index (χ3v) is 5.53. The summed E-state index contributed by atoms with van der Waals surface area (Å²) in [4.78, 5) is 4.69. The fourth-order valence-electron chi connectivity index (χ4n) is 3.72. The number of nitrogens with zero attached hydrogens (tertiary/aromatic N) is 8. The highest BCUT2D eigenvalue weighted by molar-refractivity contribution is 5.47. The van der Waals surface area contributed by atoms with Crippen LogP contribution in [-0.4, -0.2) is 61.2 Å². The van der Waals surface area contributed by atoms with Gasteiger partial charge in [-0.25, -0.2) is 4.63 Å². The van der Waals surface area contributed by atoms with Gasteiger partial charge in [-0.15, -0.1) is 15.3 Å². The number of hydrogen-bond acceptors (Lipinski definition) is 8. The monoisotopic (exact) mass is 354 g/mol. The van der Waals surface area contributed by atoms with Crippen LogP contribution in [0.2, 0.25) is 0 Å². The lowest BCUT2D eigenvalue weighted by atomic mass is 9.96. The van der Waals surface area contributed by atoms with Gasteiger partial charge in [0.25, 0.3) is 0 Å². The third kappa shape index (κ3) is 2.72. The number of aryl methyl sites for hydroxylation is 1. The van der Waals surface area contributed by atoms with E-state index in [0.29, 0.717) is 5.92 Å². The van der Waals surface area contributed by atoms with E-state index in [2.05, 4.69) is 30.3 Å². The molecule has 2 fully saturated rings. The average Bonchev–Trinajstić information content (AvgIpc) is 3.20. The van der Waals surface area contributed by atoms with Crippen LogP contribution in [0.15, 0.2) is 16.8 Å². The van der Waals surface area contributed by atoms with Crippen molar-refractivity contribution in [2.24, 2.45) is 0 Å². The zero-order valence-electron chi connectivity index (χ0n) is 14.9. The maximum absolute atomic E-state index is 4.80. The van der Waals surface area contributed by atoms with Gasteiger partial charge in [-0.2, -0.15) is 4.52 Å². The normalized spacial score (nSPS) is 19.2.